The van der Waals surface area contributed by atoms with Crippen LogP contribution in [-0.2, 0) is 38.0 Å². The quantitative estimate of drug-likeness (QED) is 0.0525. The standard InChI is InChI=1S/C31H55NO18/c1-2-32-19(36)10-6-4-3-5-8-15(35)9-7-11-45-30-27(44)28(50-31-26(43)24(41)21(38)17(13-34)48-31)22(39)18(49-30)14-46-29-25(42)23(40)20(37)16(12-33)47-29/h16-18,20-31,33-34,37-44H,2-14H2,1H3,(H,32,36)/t16-,17-,18-,20-,21-,22-,23+,24+,25+,26+,27+,28+,29+,30+,31-/m1/s1. The molecule has 1 amide bonds. The Morgan fingerprint density at radius 3 is 1.70 bits per heavy atom. The Kier molecular flexibility index (Phi) is 18.2. The highest BCUT2D eigenvalue weighted by molar-refractivity contribution is 5.78. The monoisotopic (exact) mass is 729 g/mol. The Morgan fingerprint density at radius 2 is 1.10 bits per heavy atom. The number of carbonyl (C=O) groups excluding carboxylic acids is 2. The van der Waals surface area contributed by atoms with Crippen molar-refractivity contribution in [3.63, 3.8) is 0 Å². The first-order chi connectivity index (χ1) is 23.8. The number of rotatable bonds is 20. The van der Waals surface area contributed by atoms with Crippen LogP contribution in [0.4, 0.5) is 0 Å². The molecule has 0 saturated carbocycles. The molecule has 0 unspecified atom stereocenters. The number of carbonyl (C=O) groups is 2. The van der Waals surface area contributed by atoms with Gasteiger partial charge in [-0.25, -0.2) is 0 Å². The molecule has 3 saturated heterocycles. The molecule has 3 aliphatic rings. The lowest BCUT2D eigenvalue weighted by Crippen LogP contribution is -2.65. The van der Waals surface area contributed by atoms with Crippen molar-refractivity contribution in [3.8, 4) is 0 Å². The fraction of sp³-hybridized carbons (Fsp3) is 0.935. The van der Waals surface area contributed by atoms with Gasteiger partial charge < -0.3 is 84.8 Å². The van der Waals surface area contributed by atoms with E-state index in [0.29, 0.717) is 25.8 Å². The Hall–Kier alpha value is -1.50. The van der Waals surface area contributed by atoms with E-state index in [-0.39, 0.29) is 31.1 Å². The van der Waals surface area contributed by atoms with E-state index >= 15 is 0 Å². The van der Waals surface area contributed by atoms with E-state index in [9.17, 15) is 60.7 Å². The Morgan fingerprint density at radius 1 is 0.580 bits per heavy atom. The number of hydrogen-bond acceptors (Lipinski definition) is 18. The SMILES string of the molecule is CCNC(=O)CCCCCCC(=O)CCCO[C@H]1O[C@H](CO[C@H]2O[C@H](CO)[C@@H](O)[C@H](O)[C@@H]2O)[C@@H](O)[C@H](O[C@H]2O[C@H](CO)[C@@H](O)[C@H](O)[C@@H]2O)[C@@H]1O. The minimum Gasteiger partial charge on any atom is -0.394 e. The summed E-state index contributed by atoms with van der Waals surface area (Å²) in [7, 11) is 0. The zero-order valence-corrected chi connectivity index (χ0v) is 28.1. The first-order valence-corrected chi connectivity index (χ1v) is 17.1. The van der Waals surface area contributed by atoms with Crippen LogP contribution in [0.3, 0.4) is 0 Å². The third-order valence-electron chi connectivity index (χ3n) is 8.92. The molecule has 3 rings (SSSR count). The number of nitrogens with one attached hydrogen (secondary N) is 1. The molecule has 15 atom stereocenters. The molecule has 50 heavy (non-hydrogen) atoms. The van der Waals surface area contributed by atoms with Gasteiger partial charge in [-0.15, -0.1) is 0 Å². The molecule has 3 heterocycles. The van der Waals surface area contributed by atoms with E-state index in [1.54, 1.807) is 0 Å². The van der Waals surface area contributed by atoms with E-state index in [4.69, 9.17) is 28.4 Å². The zero-order valence-electron chi connectivity index (χ0n) is 28.1. The van der Waals surface area contributed by atoms with Gasteiger partial charge in [0, 0.05) is 25.8 Å². The van der Waals surface area contributed by atoms with E-state index in [1.807, 2.05) is 6.92 Å². The van der Waals surface area contributed by atoms with Crippen molar-refractivity contribution >= 4 is 11.7 Å². The number of aliphatic hydroxyl groups excluding tert-OH is 10. The number of ether oxygens (including phenoxy) is 6. The predicted octanol–water partition coefficient (Wildman–Crippen LogP) is -4.72. The maximum absolute atomic E-state index is 12.4. The van der Waals surface area contributed by atoms with Crippen LogP contribution in [0, 0.1) is 0 Å². The summed E-state index contributed by atoms with van der Waals surface area (Å²) in [5, 5.41) is 105. The summed E-state index contributed by atoms with van der Waals surface area (Å²) in [5.74, 6) is -0.00272. The van der Waals surface area contributed by atoms with Crippen LogP contribution in [0.25, 0.3) is 0 Å². The van der Waals surface area contributed by atoms with Gasteiger partial charge in [-0.1, -0.05) is 12.8 Å². The molecule has 3 fully saturated rings. The first-order valence-electron chi connectivity index (χ1n) is 17.1. The highest BCUT2D eigenvalue weighted by Gasteiger charge is 2.52. The summed E-state index contributed by atoms with van der Waals surface area (Å²) in [6.45, 7) is 0.289. The van der Waals surface area contributed by atoms with Crippen LogP contribution in [-0.4, -0.2) is 188 Å². The van der Waals surface area contributed by atoms with Gasteiger partial charge in [0.25, 0.3) is 0 Å². The third-order valence-corrected chi connectivity index (χ3v) is 8.92. The topological polar surface area (TPSA) is 304 Å². The molecule has 19 nitrogen and oxygen atoms in total. The number of amides is 1. The Bertz CT molecular complexity index is 1010. The molecule has 3 aliphatic heterocycles. The van der Waals surface area contributed by atoms with Gasteiger partial charge >= 0.3 is 0 Å². The average Bonchev–Trinajstić information content (AvgIpc) is 3.10. The van der Waals surface area contributed by atoms with Crippen molar-refractivity contribution in [2.24, 2.45) is 0 Å². The first kappa shape index (κ1) is 42.9. The molecular weight excluding hydrogens is 674 g/mol. The highest BCUT2D eigenvalue weighted by atomic mass is 16.7. The number of ketones is 1. The molecule has 292 valence electrons. The molecule has 0 radical (unpaired) electrons. The van der Waals surface area contributed by atoms with E-state index in [2.05, 4.69) is 5.32 Å². The van der Waals surface area contributed by atoms with Gasteiger partial charge in [-0.2, -0.15) is 0 Å². The Labute approximate surface area is 289 Å². The maximum Gasteiger partial charge on any atom is 0.219 e. The van der Waals surface area contributed by atoms with Crippen LogP contribution < -0.4 is 5.32 Å². The van der Waals surface area contributed by atoms with Gasteiger partial charge in [-0.05, 0) is 26.2 Å². The summed E-state index contributed by atoms with van der Waals surface area (Å²) in [4.78, 5) is 23.9. The summed E-state index contributed by atoms with van der Waals surface area (Å²) in [5.41, 5.74) is 0. The van der Waals surface area contributed by atoms with Gasteiger partial charge in [0.1, 0.15) is 79.0 Å². The predicted molar refractivity (Wildman–Crippen MR) is 166 cm³/mol. The number of aliphatic hydroxyl groups is 10. The molecule has 0 aromatic rings. The van der Waals surface area contributed by atoms with Crippen LogP contribution in [0.15, 0.2) is 0 Å². The van der Waals surface area contributed by atoms with Crippen molar-refractivity contribution in [1.82, 2.24) is 5.32 Å². The third kappa shape index (κ3) is 11.8. The largest absolute Gasteiger partial charge is 0.394 e. The second-order valence-corrected chi connectivity index (χ2v) is 12.7. The Balaban J connectivity index is 1.58. The molecule has 0 aromatic carbocycles. The van der Waals surface area contributed by atoms with Gasteiger partial charge in [0.05, 0.1) is 26.4 Å². The zero-order chi connectivity index (χ0) is 37.0. The number of unbranched alkanes of at least 4 members (excludes halogenated alkanes) is 3. The molecule has 0 bridgehead atoms. The van der Waals surface area contributed by atoms with Gasteiger partial charge in [0.2, 0.25) is 5.91 Å². The summed E-state index contributed by atoms with van der Waals surface area (Å²) < 4.78 is 33.3. The highest BCUT2D eigenvalue weighted by Crippen LogP contribution is 2.31. The molecule has 0 aliphatic carbocycles. The minimum atomic E-state index is -1.87. The minimum absolute atomic E-state index is 0.00423. The fourth-order valence-corrected chi connectivity index (χ4v) is 5.91. The van der Waals surface area contributed by atoms with Crippen molar-refractivity contribution in [2.75, 3.05) is 33.0 Å². The van der Waals surface area contributed by atoms with Crippen molar-refractivity contribution in [1.29, 1.82) is 0 Å². The molecule has 19 heteroatoms. The maximum atomic E-state index is 12.4. The van der Waals surface area contributed by atoms with Crippen LogP contribution in [0.1, 0.15) is 58.3 Å². The van der Waals surface area contributed by atoms with Crippen molar-refractivity contribution in [2.45, 2.75) is 150 Å². The van der Waals surface area contributed by atoms with Crippen molar-refractivity contribution in [3.05, 3.63) is 0 Å². The molecule has 11 N–H and O–H groups in total. The van der Waals surface area contributed by atoms with E-state index < -0.39 is 112 Å². The number of Topliss-reactive ketones (excluding diaryl/α,β-unsaturated/α-hetero) is 1. The second-order valence-electron chi connectivity index (χ2n) is 12.7. The lowest BCUT2D eigenvalue weighted by molar-refractivity contribution is -0.366. The van der Waals surface area contributed by atoms with Crippen LogP contribution in [0.5, 0.6) is 0 Å². The molecule has 0 aromatic heterocycles. The smallest absolute Gasteiger partial charge is 0.219 e. The molecular formula is C31H55NO18. The summed E-state index contributed by atoms with van der Waals surface area (Å²) >= 11 is 0. The van der Waals surface area contributed by atoms with Gasteiger partial charge in [-0.3, -0.25) is 9.59 Å². The average molecular weight is 730 g/mol. The fourth-order valence-electron chi connectivity index (χ4n) is 5.91. The normalized spacial score (nSPS) is 39.3. The van der Waals surface area contributed by atoms with E-state index in [1.165, 1.54) is 0 Å². The summed E-state index contributed by atoms with van der Waals surface area (Å²) in [6, 6.07) is 0. The van der Waals surface area contributed by atoms with E-state index in [0.717, 1.165) is 19.3 Å². The van der Waals surface area contributed by atoms with Crippen LogP contribution >= 0.6 is 0 Å². The second kappa shape index (κ2) is 21.3. The van der Waals surface area contributed by atoms with Crippen molar-refractivity contribution < 1.29 is 89.1 Å². The molecule has 0 spiro atoms. The van der Waals surface area contributed by atoms with Crippen LogP contribution in [0.2, 0.25) is 0 Å². The number of hydrogen-bond donors (Lipinski definition) is 11. The lowest BCUT2D eigenvalue weighted by Gasteiger charge is -2.46. The van der Waals surface area contributed by atoms with Gasteiger partial charge in [0.15, 0.2) is 18.9 Å². The lowest BCUT2D eigenvalue weighted by atomic mass is 9.96. The summed E-state index contributed by atoms with van der Waals surface area (Å²) in [6.07, 6.45) is -20.4.